The van der Waals surface area contributed by atoms with Gasteiger partial charge in [0.1, 0.15) is 5.00 Å². The number of thiazole rings is 1. The average Bonchev–Trinajstić information content (AvgIpc) is 2.47. The van der Waals surface area contributed by atoms with Gasteiger partial charge < -0.3 is 10.5 Å². The summed E-state index contributed by atoms with van der Waals surface area (Å²) < 4.78 is 5.38. The van der Waals surface area contributed by atoms with Crippen LogP contribution in [-0.2, 0) is 11.2 Å². The lowest BCUT2D eigenvalue weighted by Gasteiger charge is -2.21. The SMILES string of the molecule is COC(C)(C)Cc1nc(C(C)C)sc1N. The zero-order valence-corrected chi connectivity index (χ0v) is 10.9. The Morgan fingerprint density at radius 1 is 1.47 bits per heavy atom. The van der Waals surface area contributed by atoms with Crippen LogP contribution in [-0.4, -0.2) is 17.7 Å². The minimum absolute atomic E-state index is 0.198. The molecular formula is C11H20N2OS. The minimum atomic E-state index is -0.198. The number of hydrogen-bond donors (Lipinski definition) is 1. The normalized spacial score (nSPS) is 12.4. The van der Waals surface area contributed by atoms with E-state index in [9.17, 15) is 0 Å². The van der Waals surface area contributed by atoms with Gasteiger partial charge >= 0.3 is 0 Å². The molecule has 0 aliphatic carbocycles. The maximum atomic E-state index is 5.94. The quantitative estimate of drug-likeness (QED) is 0.862. The summed E-state index contributed by atoms with van der Waals surface area (Å²) in [4.78, 5) is 4.56. The number of ether oxygens (including phenoxy) is 1. The van der Waals surface area contributed by atoms with Crippen molar-refractivity contribution in [2.24, 2.45) is 0 Å². The molecule has 15 heavy (non-hydrogen) atoms. The van der Waals surface area contributed by atoms with E-state index < -0.39 is 0 Å². The largest absolute Gasteiger partial charge is 0.389 e. The third-order valence-electron chi connectivity index (χ3n) is 2.38. The Balaban J connectivity index is 2.86. The Morgan fingerprint density at radius 2 is 2.07 bits per heavy atom. The van der Waals surface area contributed by atoms with Gasteiger partial charge in [0.15, 0.2) is 0 Å². The van der Waals surface area contributed by atoms with Crippen molar-refractivity contribution in [3.05, 3.63) is 10.7 Å². The first-order valence-electron chi connectivity index (χ1n) is 5.16. The van der Waals surface area contributed by atoms with Crippen molar-refractivity contribution in [3.63, 3.8) is 0 Å². The predicted octanol–water partition coefficient (Wildman–Crippen LogP) is 2.82. The Morgan fingerprint density at radius 3 is 2.47 bits per heavy atom. The number of anilines is 1. The van der Waals surface area contributed by atoms with Crippen LogP contribution in [0.2, 0.25) is 0 Å². The topological polar surface area (TPSA) is 48.1 Å². The van der Waals surface area contributed by atoms with E-state index in [0.29, 0.717) is 5.92 Å². The van der Waals surface area contributed by atoms with E-state index >= 15 is 0 Å². The lowest BCUT2D eigenvalue weighted by molar-refractivity contribution is 0.0226. The van der Waals surface area contributed by atoms with Crippen molar-refractivity contribution in [3.8, 4) is 0 Å². The monoisotopic (exact) mass is 228 g/mol. The number of rotatable bonds is 4. The van der Waals surface area contributed by atoms with Crippen LogP contribution < -0.4 is 5.73 Å². The third kappa shape index (κ3) is 3.18. The van der Waals surface area contributed by atoms with Crippen LogP contribution >= 0.6 is 11.3 Å². The molecule has 4 heteroatoms. The summed E-state index contributed by atoms with van der Waals surface area (Å²) in [6.07, 6.45) is 0.762. The molecule has 1 aromatic heterocycles. The van der Waals surface area contributed by atoms with Crippen molar-refractivity contribution in [2.45, 2.75) is 45.6 Å². The van der Waals surface area contributed by atoms with E-state index in [-0.39, 0.29) is 5.60 Å². The molecule has 0 fully saturated rings. The number of nitrogens with two attached hydrogens (primary N) is 1. The van der Waals surface area contributed by atoms with Crippen molar-refractivity contribution in [1.82, 2.24) is 4.98 Å². The first kappa shape index (κ1) is 12.5. The Kier molecular flexibility index (Phi) is 3.73. The Bertz CT molecular complexity index is 331. The standard InChI is InChI=1S/C11H20N2OS/c1-7(2)10-13-8(9(12)15-10)6-11(3,4)14-5/h7H,6,12H2,1-5H3. The first-order valence-corrected chi connectivity index (χ1v) is 5.97. The van der Waals surface area contributed by atoms with E-state index in [1.165, 1.54) is 0 Å². The highest BCUT2D eigenvalue weighted by Crippen LogP contribution is 2.29. The highest BCUT2D eigenvalue weighted by atomic mass is 32.1. The van der Waals surface area contributed by atoms with E-state index in [1.807, 2.05) is 13.8 Å². The lowest BCUT2D eigenvalue weighted by Crippen LogP contribution is -2.26. The predicted molar refractivity (Wildman–Crippen MR) is 65.4 cm³/mol. The zero-order chi connectivity index (χ0) is 11.6. The minimum Gasteiger partial charge on any atom is -0.389 e. The summed E-state index contributed by atoms with van der Waals surface area (Å²) in [6, 6.07) is 0. The van der Waals surface area contributed by atoms with E-state index in [1.54, 1.807) is 18.4 Å². The second kappa shape index (κ2) is 4.49. The lowest BCUT2D eigenvalue weighted by atomic mass is 10.0. The van der Waals surface area contributed by atoms with Crippen LogP contribution in [0.25, 0.3) is 0 Å². The molecule has 0 spiro atoms. The first-order chi connectivity index (χ1) is 6.85. The van der Waals surface area contributed by atoms with Crippen LogP contribution in [0.4, 0.5) is 5.00 Å². The van der Waals surface area contributed by atoms with Crippen molar-refractivity contribution >= 4 is 16.3 Å². The van der Waals surface area contributed by atoms with Crippen LogP contribution in [0.1, 0.15) is 44.3 Å². The van der Waals surface area contributed by atoms with Crippen LogP contribution in [0.15, 0.2) is 0 Å². The fraction of sp³-hybridized carbons (Fsp3) is 0.727. The van der Waals surface area contributed by atoms with Crippen molar-refractivity contribution in [1.29, 1.82) is 0 Å². The molecular weight excluding hydrogens is 208 g/mol. The van der Waals surface area contributed by atoms with E-state index in [2.05, 4.69) is 18.8 Å². The van der Waals surface area contributed by atoms with Crippen molar-refractivity contribution < 1.29 is 4.74 Å². The van der Waals surface area contributed by atoms with Gasteiger partial charge in [-0.2, -0.15) is 0 Å². The van der Waals surface area contributed by atoms with E-state index in [4.69, 9.17) is 10.5 Å². The molecule has 0 atom stereocenters. The fourth-order valence-electron chi connectivity index (χ4n) is 1.23. The van der Waals surface area contributed by atoms with Gasteiger partial charge in [-0.3, -0.25) is 0 Å². The van der Waals surface area contributed by atoms with Crippen molar-refractivity contribution in [2.75, 3.05) is 12.8 Å². The maximum Gasteiger partial charge on any atom is 0.109 e. The van der Waals surface area contributed by atoms with Crippen LogP contribution in [0, 0.1) is 0 Å². The number of nitrogens with zero attached hydrogens (tertiary/aromatic N) is 1. The van der Waals surface area contributed by atoms with Gasteiger partial charge in [-0.15, -0.1) is 11.3 Å². The van der Waals surface area contributed by atoms with Crippen LogP contribution in [0.3, 0.4) is 0 Å². The molecule has 0 saturated heterocycles. The molecule has 2 N–H and O–H groups in total. The molecule has 0 bridgehead atoms. The van der Waals surface area contributed by atoms with Gasteiger partial charge in [0.2, 0.25) is 0 Å². The molecule has 0 aromatic carbocycles. The summed E-state index contributed by atoms with van der Waals surface area (Å²) >= 11 is 1.58. The van der Waals surface area contributed by atoms with Gasteiger partial charge in [0.05, 0.1) is 16.3 Å². The van der Waals surface area contributed by atoms with Gasteiger partial charge in [-0.1, -0.05) is 13.8 Å². The number of methoxy groups -OCH3 is 1. The number of hydrogen-bond acceptors (Lipinski definition) is 4. The van der Waals surface area contributed by atoms with Gasteiger partial charge in [0.25, 0.3) is 0 Å². The molecule has 0 aliphatic heterocycles. The number of aromatic nitrogens is 1. The molecule has 86 valence electrons. The molecule has 0 aliphatic rings. The molecule has 1 rings (SSSR count). The van der Waals surface area contributed by atoms with Gasteiger partial charge in [0, 0.05) is 19.4 Å². The van der Waals surface area contributed by atoms with Gasteiger partial charge in [-0.05, 0) is 13.8 Å². The zero-order valence-electron chi connectivity index (χ0n) is 10.1. The Hall–Kier alpha value is -0.610. The summed E-state index contributed by atoms with van der Waals surface area (Å²) in [5, 5.41) is 1.93. The van der Waals surface area contributed by atoms with E-state index in [0.717, 1.165) is 22.1 Å². The molecule has 1 aromatic rings. The maximum absolute atomic E-state index is 5.94. The summed E-state index contributed by atoms with van der Waals surface area (Å²) in [5.74, 6) is 0.441. The van der Waals surface area contributed by atoms with Crippen LogP contribution in [0.5, 0.6) is 0 Å². The fourth-order valence-corrected chi connectivity index (χ4v) is 2.08. The molecule has 0 radical (unpaired) electrons. The Labute approximate surface area is 95.7 Å². The summed E-state index contributed by atoms with van der Waals surface area (Å²) in [6.45, 7) is 8.34. The molecule has 0 amide bonds. The summed E-state index contributed by atoms with van der Waals surface area (Å²) in [7, 11) is 1.71. The molecule has 0 saturated carbocycles. The smallest absolute Gasteiger partial charge is 0.109 e. The van der Waals surface area contributed by atoms with Gasteiger partial charge in [-0.25, -0.2) is 4.98 Å². The number of nitrogen functional groups attached to an aromatic ring is 1. The third-order valence-corrected chi connectivity index (χ3v) is 3.61. The molecule has 0 unspecified atom stereocenters. The molecule has 3 nitrogen and oxygen atoms in total. The summed E-state index contributed by atoms with van der Waals surface area (Å²) in [5.41, 5.74) is 6.71. The molecule has 1 heterocycles. The highest BCUT2D eigenvalue weighted by molar-refractivity contribution is 7.15. The average molecular weight is 228 g/mol. The second-order valence-corrected chi connectivity index (χ2v) is 5.72. The highest BCUT2D eigenvalue weighted by Gasteiger charge is 2.21. The second-order valence-electron chi connectivity index (χ2n) is 4.66.